The first kappa shape index (κ1) is 16.0. The maximum absolute atomic E-state index is 12.5. The zero-order valence-corrected chi connectivity index (χ0v) is 12.5. The van der Waals surface area contributed by atoms with Crippen molar-refractivity contribution in [1.82, 2.24) is 4.31 Å². The summed E-state index contributed by atoms with van der Waals surface area (Å²) < 4.78 is 26.1. The number of sulfonamides is 1. The Balaban J connectivity index is 3.40. The summed E-state index contributed by atoms with van der Waals surface area (Å²) in [7, 11) is -3.83. The maximum atomic E-state index is 12.5. The molecule has 0 spiro atoms. The highest BCUT2D eigenvalue weighted by Crippen LogP contribution is 2.33. The van der Waals surface area contributed by atoms with Crippen LogP contribution in [-0.4, -0.2) is 25.8 Å². The molecule has 104 valence electrons. The van der Waals surface area contributed by atoms with Crippen LogP contribution in [0.4, 0.5) is 5.69 Å². The monoisotopic (exact) mass is 320 g/mol. The molecule has 19 heavy (non-hydrogen) atoms. The Kier molecular flexibility index (Phi) is 5.43. The van der Waals surface area contributed by atoms with Crippen LogP contribution in [0.15, 0.2) is 42.3 Å². The minimum Gasteiger partial charge on any atom is -0.399 e. The molecular formula is C12H14Cl2N2O2S. The molecule has 4 nitrogen and oxygen atoms in total. The molecule has 0 amide bonds. The van der Waals surface area contributed by atoms with Crippen molar-refractivity contribution in [2.75, 3.05) is 18.8 Å². The van der Waals surface area contributed by atoms with Crippen molar-refractivity contribution in [2.24, 2.45) is 0 Å². The van der Waals surface area contributed by atoms with Crippen LogP contribution < -0.4 is 5.73 Å². The van der Waals surface area contributed by atoms with Gasteiger partial charge in [-0.2, -0.15) is 4.31 Å². The van der Waals surface area contributed by atoms with E-state index in [2.05, 4.69) is 13.2 Å². The van der Waals surface area contributed by atoms with E-state index in [-0.39, 0.29) is 28.0 Å². The summed E-state index contributed by atoms with van der Waals surface area (Å²) in [6.07, 6.45) is 2.94. The molecule has 0 bridgehead atoms. The van der Waals surface area contributed by atoms with Crippen LogP contribution >= 0.6 is 23.2 Å². The molecule has 1 rings (SSSR count). The fourth-order valence-electron chi connectivity index (χ4n) is 1.51. The fourth-order valence-corrected chi connectivity index (χ4v) is 4.07. The van der Waals surface area contributed by atoms with Gasteiger partial charge in [0.1, 0.15) is 4.90 Å². The number of hydrogen-bond donors (Lipinski definition) is 1. The van der Waals surface area contributed by atoms with E-state index in [9.17, 15) is 8.42 Å². The number of hydrogen-bond acceptors (Lipinski definition) is 3. The normalized spacial score (nSPS) is 11.5. The lowest BCUT2D eigenvalue weighted by atomic mass is 10.3. The Hall–Kier alpha value is -1.01. The largest absolute Gasteiger partial charge is 0.399 e. The van der Waals surface area contributed by atoms with Crippen LogP contribution in [0.1, 0.15) is 0 Å². The van der Waals surface area contributed by atoms with Crippen molar-refractivity contribution in [1.29, 1.82) is 0 Å². The zero-order valence-electron chi connectivity index (χ0n) is 10.1. The van der Waals surface area contributed by atoms with Crippen LogP contribution in [0.25, 0.3) is 0 Å². The van der Waals surface area contributed by atoms with Gasteiger partial charge in [0.15, 0.2) is 0 Å². The first-order chi connectivity index (χ1) is 8.84. The Bertz CT molecular complexity index is 567. The Morgan fingerprint density at radius 3 is 1.95 bits per heavy atom. The molecule has 0 saturated heterocycles. The van der Waals surface area contributed by atoms with Gasteiger partial charge in [0, 0.05) is 18.8 Å². The third-order valence-electron chi connectivity index (χ3n) is 2.28. The van der Waals surface area contributed by atoms with E-state index in [0.29, 0.717) is 5.69 Å². The van der Waals surface area contributed by atoms with Crippen LogP contribution in [0.3, 0.4) is 0 Å². The lowest BCUT2D eigenvalue weighted by Crippen LogP contribution is -2.31. The molecule has 1 aromatic rings. The minimum atomic E-state index is -3.83. The summed E-state index contributed by atoms with van der Waals surface area (Å²) in [6, 6.07) is 2.70. The number of benzene rings is 1. The predicted molar refractivity (Wildman–Crippen MR) is 80.0 cm³/mol. The standard InChI is InChI=1S/C12H14Cl2N2O2S/c1-3-5-16(6-4-2)19(17,18)12-10(13)7-9(15)8-11(12)14/h3-4,7-8H,1-2,5-6,15H2. The van der Waals surface area contributed by atoms with Crippen molar-refractivity contribution < 1.29 is 8.42 Å². The van der Waals surface area contributed by atoms with Gasteiger partial charge in [-0.1, -0.05) is 35.4 Å². The van der Waals surface area contributed by atoms with Gasteiger partial charge < -0.3 is 5.73 Å². The Morgan fingerprint density at radius 2 is 1.58 bits per heavy atom. The number of nitrogen functional groups attached to an aromatic ring is 1. The molecule has 0 aliphatic rings. The predicted octanol–water partition coefficient (Wildman–Crippen LogP) is 2.94. The SMILES string of the molecule is C=CCN(CC=C)S(=O)(=O)c1c(Cl)cc(N)cc1Cl. The Morgan fingerprint density at radius 1 is 1.16 bits per heavy atom. The third-order valence-corrected chi connectivity index (χ3v) is 5.04. The molecule has 0 aliphatic heterocycles. The first-order valence-electron chi connectivity index (χ1n) is 5.31. The van der Waals surface area contributed by atoms with E-state index in [1.54, 1.807) is 0 Å². The number of nitrogens with two attached hydrogens (primary N) is 1. The second-order valence-electron chi connectivity index (χ2n) is 3.71. The second kappa shape index (κ2) is 6.43. The number of anilines is 1. The topological polar surface area (TPSA) is 63.4 Å². The Labute approximate surface area is 123 Å². The van der Waals surface area contributed by atoms with Crippen molar-refractivity contribution in [3.63, 3.8) is 0 Å². The summed E-state index contributed by atoms with van der Waals surface area (Å²) in [5, 5.41) is -0.0220. The summed E-state index contributed by atoms with van der Waals surface area (Å²) in [5.74, 6) is 0. The van der Waals surface area contributed by atoms with E-state index in [4.69, 9.17) is 28.9 Å². The van der Waals surface area contributed by atoms with Gasteiger partial charge in [-0.15, -0.1) is 13.2 Å². The lowest BCUT2D eigenvalue weighted by Gasteiger charge is -2.20. The van der Waals surface area contributed by atoms with Crippen molar-refractivity contribution in [3.8, 4) is 0 Å². The van der Waals surface area contributed by atoms with Crippen molar-refractivity contribution in [3.05, 3.63) is 47.5 Å². The molecule has 0 fully saturated rings. The van der Waals surface area contributed by atoms with Gasteiger partial charge in [-0.3, -0.25) is 0 Å². The summed E-state index contributed by atoms with van der Waals surface area (Å²) >= 11 is 11.9. The maximum Gasteiger partial charge on any atom is 0.246 e. The molecule has 0 heterocycles. The van der Waals surface area contributed by atoms with E-state index < -0.39 is 10.0 Å². The highest BCUT2D eigenvalue weighted by molar-refractivity contribution is 7.89. The van der Waals surface area contributed by atoms with E-state index in [1.807, 2.05) is 0 Å². The molecule has 1 aromatic carbocycles. The quantitative estimate of drug-likeness (QED) is 0.647. The second-order valence-corrected chi connectivity index (χ2v) is 6.40. The summed E-state index contributed by atoms with van der Waals surface area (Å²) in [6.45, 7) is 7.31. The fraction of sp³-hybridized carbons (Fsp3) is 0.167. The highest BCUT2D eigenvalue weighted by Gasteiger charge is 2.28. The first-order valence-corrected chi connectivity index (χ1v) is 7.50. The highest BCUT2D eigenvalue weighted by atomic mass is 35.5. The van der Waals surface area contributed by atoms with Crippen LogP contribution in [-0.2, 0) is 10.0 Å². The lowest BCUT2D eigenvalue weighted by molar-refractivity contribution is 0.474. The molecule has 0 radical (unpaired) electrons. The molecule has 0 atom stereocenters. The third kappa shape index (κ3) is 3.51. The molecule has 0 aliphatic carbocycles. The van der Waals surface area contributed by atoms with Gasteiger partial charge in [0.05, 0.1) is 10.0 Å². The van der Waals surface area contributed by atoms with E-state index in [0.717, 1.165) is 4.31 Å². The minimum absolute atomic E-state index is 0.0110. The van der Waals surface area contributed by atoms with Crippen LogP contribution in [0.5, 0.6) is 0 Å². The van der Waals surface area contributed by atoms with Gasteiger partial charge >= 0.3 is 0 Å². The van der Waals surface area contributed by atoms with Gasteiger partial charge in [-0.25, -0.2) is 8.42 Å². The van der Waals surface area contributed by atoms with E-state index in [1.165, 1.54) is 24.3 Å². The number of rotatable bonds is 6. The number of nitrogens with zero attached hydrogens (tertiary/aromatic N) is 1. The molecule has 0 unspecified atom stereocenters. The molecular weight excluding hydrogens is 307 g/mol. The smallest absolute Gasteiger partial charge is 0.246 e. The molecule has 7 heteroatoms. The van der Waals surface area contributed by atoms with Gasteiger partial charge in [0.2, 0.25) is 10.0 Å². The van der Waals surface area contributed by atoms with Crippen LogP contribution in [0.2, 0.25) is 10.0 Å². The van der Waals surface area contributed by atoms with E-state index >= 15 is 0 Å². The number of halogens is 2. The van der Waals surface area contributed by atoms with Crippen molar-refractivity contribution >= 4 is 38.9 Å². The van der Waals surface area contributed by atoms with Gasteiger partial charge in [0.25, 0.3) is 0 Å². The zero-order chi connectivity index (χ0) is 14.6. The average Bonchev–Trinajstić information content (AvgIpc) is 2.26. The average molecular weight is 321 g/mol. The molecule has 0 saturated carbocycles. The van der Waals surface area contributed by atoms with Crippen LogP contribution in [0, 0.1) is 0 Å². The van der Waals surface area contributed by atoms with Gasteiger partial charge in [-0.05, 0) is 12.1 Å². The summed E-state index contributed by atoms with van der Waals surface area (Å²) in [5.41, 5.74) is 5.85. The van der Waals surface area contributed by atoms with Crippen molar-refractivity contribution in [2.45, 2.75) is 4.90 Å². The molecule has 0 aromatic heterocycles. The molecule has 2 N–H and O–H groups in total. The summed E-state index contributed by atoms with van der Waals surface area (Å²) in [4.78, 5) is -0.159.